The van der Waals surface area contributed by atoms with Gasteiger partial charge in [0.2, 0.25) is 0 Å². The van der Waals surface area contributed by atoms with Gasteiger partial charge in [0.15, 0.2) is 0 Å². The maximum atomic E-state index is 12.6. The molecule has 1 rings (SSSR count). The Morgan fingerprint density at radius 1 is 1.52 bits per heavy atom. The van der Waals surface area contributed by atoms with Gasteiger partial charge in [-0.15, -0.1) is 0 Å². The van der Waals surface area contributed by atoms with Gasteiger partial charge in [-0.1, -0.05) is 13.0 Å². The highest BCUT2D eigenvalue weighted by molar-refractivity contribution is 7.98. The molecule has 0 aliphatic carbocycles. The molecule has 1 N–H and O–H groups in total. The summed E-state index contributed by atoms with van der Waals surface area (Å²) in [6, 6.07) is 3.49. The second-order valence-corrected chi connectivity index (χ2v) is 5.46. The summed E-state index contributed by atoms with van der Waals surface area (Å²) in [5.41, 5.74) is 0.785. The highest BCUT2D eigenvalue weighted by Crippen LogP contribution is 2.15. The summed E-state index contributed by atoms with van der Waals surface area (Å²) in [4.78, 5) is 29.0. The van der Waals surface area contributed by atoms with E-state index in [0.29, 0.717) is 5.56 Å². The van der Waals surface area contributed by atoms with E-state index in [4.69, 9.17) is 5.11 Å². The molecule has 0 spiro atoms. The van der Waals surface area contributed by atoms with Crippen molar-refractivity contribution in [3.63, 3.8) is 0 Å². The van der Waals surface area contributed by atoms with Gasteiger partial charge in [0.05, 0.1) is 0 Å². The lowest BCUT2D eigenvalue weighted by atomic mass is 10.1. The molecule has 0 aliphatic rings. The molecule has 114 valence electrons. The molecule has 1 heterocycles. The normalized spacial score (nSPS) is 12.3. The molecule has 5 nitrogen and oxygen atoms in total. The predicted molar refractivity (Wildman–Crippen MR) is 85.5 cm³/mol. The lowest BCUT2D eigenvalue weighted by Gasteiger charge is -2.26. The molecule has 1 atom stereocenters. The maximum absolute atomic E-state index is 12.6. The van der Waals surface area contributed by atoms with Crippen LogP contribution in [0.15, 0.2) is 24.4 Å². The number of carboxylic acid groups (broad SMARTS) is 1. The quantitative estimate of drug-likeness (QED) is 0.783. The summed E-state index contributed by atoms with van der Waals surface area (Å²) >= 11 is 1.69. The number of hydrogen-bond donors (Lipinski definition) is 1. The number of aromatic nitrogens is 1. The molecule has 0 saturated carbocycles. The van der Waals surface area contributed by atoms with Gasteiger partial charge in [0, 0.05) is 36.7 Å². The van der Waals surface area contributed by atoms with Crippen LogP contribution in [0.5, 0.6) is 0 Å². The van der Waals surface area contributed by atoms with Crippen LogP contribution in [0.3, 0.4) is 0 Å². The zero-order valence-electron chi connectivity index (χ0n) is 12.4. The summed E-state index contributed by atoms with van der Waals surface area (Å²) in [6.07, 6.45) is 6.80. The molecule has 6 heteroatoms. The SMILES string of the molecule is CCC(CSC)N(C)C(=O)c1ncccc1/C=C/C(=O)O. The van der Waals surface area contributed by atoms with Crippen molar-refractivity contribution in [2.75, 3.05) is 19.1 Å². The Hall–Kier alpha value is -1.82. The lowest BCUT2D eigenvalue weighted by molar-refractivity contribution is -0.131. The van der Waals surface area contributed by atoms with Crippen LogP contribution in [-0.2, 0) is 4.79 Å². The summed E-state index contributed by atoms with van der Waals surface area (Å²) < 4.78 is 0. The van der Waals surface area contributed by atoms with E-state index in [0.717, 1.165) is 18.2 Å². The molecular formula is C15H20N2O3S. The molecule has 0 aliphatic heterocycles. The maximum Gasteiger partial charge on any atom is 0.328 e. The number of hydrogen-bond acceptors (Lipinski definition) is 4. The van der Waals surface area contributed by atoms with Gasteiger partial charge in [-0.2, -0.15) is 11.8 Å². The molecule has 1 aromatic rings. The molecule has 0 radical (unpaired) electrons. The fourth-order valence-corrected chi connectivity index (χ4v) is 2.76. The molecular weight excluding hydrogens is 288 g/mol. The topological polar surface area (TPSA) is 70.5 Å². The van der Waals surface area contributed by atoms with E-state index < -0.39 is 5.97 Å². The summed E-state index contributed by atoms with van der Waals surface area (Å²) in [5, 5.41) is 8.70. The summed E-state index contributed by atoms with van der Waals surface area (Å²) in [6.45, 7) is 2.04. The highest BCUT2D eigenvalue weighted by atomic mass is 32.2. The van der Waals surface area contributed by atoms with Crippen molar-refractivity contribution in [2.24, 2.45) is 0 Å². The lowest BCUT2D eigenvalue weighted by Crippen LogP contribution is -2.39. The third-order valence-corrected chi connectivity index (χ3v) is 3.86. The first kappa shape index (κ1) is 17.2. The van der Waals surface area contributed by atoms with E-state index in [1.54, 1.807) is 35.8 Å². The average molecular weight is 308 g/mol. The number of pyridine rings is 1. The zero-order chi connectivity index (χ0) is 15.8. The third kappa shape index (κ3) is 4.90. The average Bonchev–Trinajstić information content (AvgIpc) is 2.49. The summed E-state index contributed by atoms with van der Waals surface area (Å²) in [7, 11) is 1.76. The van der Waals surface area contributed by atoms with Gasteiger partial charge in [-0.3, -0.25) is 9.78 Å². The van der Waals surface area contributed by atoms with Crippen molar-refractivity contribution in [3.8, 4) is 0 Å². The highest BCUT2D eigenvalue weighted by Gasteiger charge is 2.22. The van der Waals surface area contributed by atoms with Crippen molar-refractivity contribution >= 4 is 29.7 Å². The molecule has 1 aromatic heterocycles. The number of carboxylic acids is 1. The molecule has 1 unspecified atom stereocenters. The van der Waals surface area contributed by atoms with Crippen LogP contribution in [0.1, 0.15) is 29.4 Å². The number of amides is 1. The monoisotopic (exact) mass is 308 g/mol. The Morgan fingerprint density at radius 2 is 2.24 bits per heavy atom. The van der Waals surface area contributed by atoms with Gasteiger partial charge >= 0.3 is 5.97 Å². The van der Waals surface area contributed by atoms with Crippen LogP contribution in [0.25, 0.3) is 6.08 Å². The van der Waals surface area contributed by atoms with E-state index in [1.807, 2.05) is 13.2 Å². The van der Waals surface area contributed by atoms with E-state index in [-0.39, 0.29) is 17.6 Å². The van der Waals surface area contributed by atoms with Crippen LogP contribution in [0.4, 0.5) is 0 Å². The first-order chi connectivity index (χ1) is 10.0. The van der Waals surface area contributed by atoms with E-state index in [9.17, 15) is 9.59 Å². The molecule has 0 saturated heterocycles. The van der Waals surface area contributed by atoms with Crippen LogP contribution in [0, 0.1) is 0 Å². The number of aliphatic carboxylic acids is 1. The minimum Gasteiger partial charge on any atom is -0.478 e. The second-order valence-electron chi connectivity index (χ2n) is 4.55. The fourth-order valence-electron chi connectivity index (χ4n) is 1.92. The largest absolute Gasteiger partial charge is 0.478 e. The number of rotatable bonds is 7. The van der Waals surface area contributed by atoms with Crippen molar-refractivity contribution in [1.82, 2.24) is 9.88 Å². The Morgan fingerprint density at radius 3 is 2.81 bits per heavy atom. The number of carbonyl (C=O) groups is 2. The van der Waals surface area contributed by atoms with Crippen LogP contribution < -0.4 is 0 Å². The molecule has 21 heavy (non-hydrogen) atoms. The first-order valence-corrected chi connectivity index (χ1v) is 8.02. The van der Waals surface area contributed by atoms with Crippen LogP contribution >= 0.6 is 11.8 Å². The molecule has 0 bridgehead atoms. The predicted octanol–water partition coefficient (Wildman–Crippen LogP) is 2.39. The number of carbonyl (C=O) groups excluding carboxylic acids is 1. The third-order valence-electron chi connectivity index (χ3n) is 3.15. The minimum absolute atomic E-state index is 0.130. The van der Waals surface area contributed by atoms with Gasteiger partial charge in [0.1, 0.15) is 5.69 Å². The van der Waals surface area contributed by atoms with Gasteiger partial charge in [-0.25, -0.2) is 4.79 Å². The smallest absolute Gasteiger partial charge is 0.328 e. The Kier molecular flexibility index (Phi) is 6.94. The molecule has 0 fully saturated rings. The first-order valence-electron chi connectivity index (χ1n) is 6.63. The minimum atomic E-state index is -1.06. The van der Waals surface area contributed by atoms with Crippen LogP contribution in [0.2, 0.25) is 0 Å². The van der Waals surface area contributed by atoms with Gasteiger partial charge < -0.3 is 10.0 Å². The Bertz CT molecular complexity index is 531. The van der Waals surface area contributed by atoms with Crippen molar-refractivity contribution in [1.29, 1.82) is 0 Å². The van der Waals surface area contributed by atoms with Gasteiger partial charge in [-0.05, 0) is 24.8 Å². The Balaban J connectivity index is 3.04. The van der Waals surface area contributed by atoms with E-state index >= 15 is 0 Å². The Labute approximate surface area is 129 Å². The van der Waals surface area contributed by atoms with E-state index in [1.165, 1.54) is 12.3 Å². The zero-order valence-corrected chi connectivity index (χ0v) is 13.3. The molecule has 1 amide bonds. The van der Waals surface area contributed by atoms with E-state index in [2.05, 4.69) is 4.98 Å². The van der Waals surface area contributed by atoms with Gasteiger partial charge in [0.25, 0.3) is 5.91 Å². The van der Waals surface area contributed by atoms with Crippen molar-refractivity contribution in [2.45, 2.75) is 19.4 Å². The fraction of sp³-hybridized carbons (Fsp3) is 0.400. The number of nitrogens with zero attached hydrogens (tertiary/aromatic N) is 2. The van der Waals surface area contributed by atoms with Crippen molar-refractivity contribution < 1.29 is 14.7 Å². The second kappa shape index (κ2) is 8.46. The number of thioether (sulfide) groups is 1. The van der Waals surface area contributed by atoms with Crippen LogP contribution in [-0.4, -0.2) is 52.0 Å². The summed E-state index contributed by atoms with van der Waals surface area (Å²) in [5.74, 6) is -0.396. The molecule has 0 aromatic carbocycles. The van der Waals surface area contributed by atoms with Crippen molar-refractivity contribution in [3.05, 3.63) is 35.7 Å². The standard InChI is InChI=1S/C15H20N2O3S/c1-4-12(10-21-3)17(2)15(20)14-11(6-5-9-16-14)7-8-13(18)19/h5-9,12H,4,10H2,1-3H3,(H,18,19)/b8-7+.